The van der Waals surface area contributed by atoms with Crippen molar-refractivity contribution in [2.24, 2.45) is 0 Å². The number of halogens is 1. The van der Waals surface area contributed by atoms with Crippen LogP contribution in [0.3, 0.4) is 0 Å². The van der Waals surface area contributed by atoms with Gasteiger partial charge in [-0.25, -0.2) is 4.98 Å². The number of ether oxygens (including phenoxy) is 2. The molecule has 1 heterocycles. The molecule has 1 amide bonds. The Balaban J connectivity index is 2.12. The lowest BCUT2D eigenvalue weighted by molar-refractivity contribution is -0.111. The molecule has 5 nitrogen and oxygen atoms in total. The highest BCUT2D eigenvalue weighted by Gasteiger charge is 2.10. The maximum absolute atomic E-state index is 11.8. The van der Waals surface area contributed by atoms with Crippen molar-refractivity contribution in [3.63, 3.8) is 0 Å². The van der Waals surface area contributed by atoms with Crippen molar-refractivity contribution < 1.29 is 14.3 Å². The van der Waals surface area contributed by atoms with Gasteiger partial charge in [-0.3, -0.25) is 10.1 Å². The fourth-order valence-electron chi connectivity index (χ4n) is 1.77. The Labute approximate surface area is 137 Å². The third-order valence-electron chi connectivity index (χ3n) is 2.73. The third-order valence-corrected chi connectivity index (χ3v) is 3.84. The molecule has 0 aliphatic carbocycles. The number of carbonyl (C=O) groups is 1. The number of carbonyl (C=O) groups excluding carboxylic acids is 1. The van der Waals surface area contributed by atoms with Crippen LogP contribution in [0.2, 0.25) is 5.02 Å². The Morgan fingerprint density at radius 2 is 2.14 bits per heavy atom. The van der Waals surface area contributed by atoms with Crippen molar-refractivity contribution >= 4 is 40.1 Å². The molecule has 2 rings (SSSR count). The van der Waals surface area contributed by atoms with Gasteiger partial charge in [0.15, 0.2) is 16.6 Å². The summed E-state index contributed by atoms with van der Waals surface area (Å²) in [5, 5.41) is 3.67. The van der Waals surface area contributed by atoms with Crippen LogP contribution in [-0.2, 0) is 4.79 Å². The van der Waals surface area contributed by atoms with E-state index in [2.05, 4.69) is 10.3 Å². The molecule has 1 aromatic carbocycles. The molecule has 1 N–H and O–H groups in total. The Hall–Kier alpha value is -2.05. The summed E-state index contributed by atoms with van der Waals surface area (Å²) in [7, 11) is 3.04. The van der Waals surface area contributed by atoms with Gasteiger partial charge in [-0.1, -0.05) is 11.6 Å². The average Bonchev–Trinajstić information content (AvgIpc) is 2.89. The molecular formula is C15H15ClN2O3S. The second-order valence-corrected chi connectivity index (χ2v) is 5.98. The Kier molecular flexibility index (Phi) is 5.41. The summed E-state index contributed by atoms with van der Waals surface area (Å²) >= 11 is 7.53. The zero-order chi connectivity index (χ0) is 16.1. The number of rotatable bonds is 5. The molecule has 0 radical (unpaired) electrons. The summed E-state index contributed by atoms with van der Waals surface area (Å²) in [6, 6.07) is 3.43. The first-order chi connectivity index (χ1) is 10.5. The van der Waals surface area contributed by atoms with Gasteiger partial charge in [-0.2, -0.15) is 0 Å². The zero-order valence-electron chi connectivity index (χ0n) is 12.3. The molecule has 0 spiro atoms. The first kappa shape index (κ1) is 16.3. The van der Waals surface area contributed by atoms with Crippen LogP contribution in [0.4, 0.5) is 5.13 Å². The van der Waals surface area contributed by atoms with E-state index in [1.807, 2.05) is 6.92 Å². The average molecular weight is 339 g/mol. The monoisotopic (exact) mass is 338 g/mol. The highest BCUT2D eigenvalue weighted by Crippen LogP contribution is 2.36. The number of aromatic nitrogens is 1. The molecule has 0 unspecified atom stereocenters. The lowest BCUT2D eigenvalue weighted by Gasteiger charge is -2.10. The Bertz CT molecular complexity index is 713. The van der Waals surface area contributed by atoms with Crippen molar-refractivity contribution in [2.45, 2.75) is 6.92 Å². The Morgan fingerprint density at radius 1 is 1.36 bits per heavy atom. The number of benzene rings is 1. The van der Waals surface area contributed by atoms with Gasteiger partial charge < -0.3 is 9.47 Å². The number of hydrogen-bond acceptors (Lipinski definition) is 5. The highest BCUT2D eigenvalue weighted by atomic mass is 35.5. The summed E-state index contributed by atoms with van der Waals surface area (Å²) < 4.78 is 10.4. The maximum Gasteiger partial charge on any atom is 0.250 e. The molecule has 22 heavy (non-hydrogen) atoms. The number of hydrogen-bond donors (Lipinski definition) is 1. The molecular weight excluding hydrogens is 324 g/mol. The van der Waals surface area contributed by atoms with E-state index in [4.69, 9.17) is 21.1 Å². The minimum atomic E-state index is -0.264. The zero-order valence-corrected chi connectivity index (χ0v) is 13.9. The lowest BCUT2D eigenvalue weighted by atomic mass is 10.2. The van der Waals surface area contributed by atoms with Crippen molar-refractivity contribution in [1.82, 2.24) is 4.98 Å². The molecule has 0 saturated carbocycles. The minimum Gasteiger partial charge on any atom is -0.493 e. The van der Waals surface area contributed by atoms with Crippen LogP contribution in [0.5, 0.6) is 11.5 Å². The highest BCUT2D eigenvalue weighted by molar-refractivity contribution is 7.15. The number of methoxy groups -OCH3 is 2. The standard InChI is InChI=1S/C15H15ClN2O3S/c1-9-8-17-15(22-9)18-13(19)5-4-10-6-11(16)14(21-3)12(7-10)20-2/h4-8H,1-3H3,(H,17,18,19)/b5-4+. The van der Waals surface area contributed by atoms with Gasteiger partial charge in [-0.15, -0.1) is 11.3 Å². The smallest absolute Gasteiger partial charge is 0.250 e. The van der Waals surface area contributed by atoms with Gasteiger partial charge in [0.2, 0.25) is 5.91 Å². The predicted octanol–water partition coefficient (Wildman–Crippen LogP) is 3.77. The molecule has 0 aliphatic heterocycles. The molecule has 0 saturated heterocycles. The number of nitrogens with zero attached hydrogens (tertiary/aromatic N) is 1. The molecule has 0 atom stereocenters. The van der Waals surface area contributed by atoms with Gasteiger partial charge in [0.25, 0.3) is 0 Å². The molecule has 116 valence electrons. The molecule has 0 fully saturated rings. The number of aryl methyl sites for hydroxylation is 1. The van der Waals surface area contributed by atoms with E-state index in [9.17, 15) is 4.79 Å². The largest absolute Gasteiger partial charge is 0.493 e. The first-order valence-corrected chi connectivity index (χ1v) is 7.56. The van der Waals surface area contributed by atoms with Gasteiger partial charge in [-0.05, 0) is 30.7 Å². The summed E-state index contributed by atoms with van der Waals surface area (Å²) in [6.07, 6.45) is 4.76. The van der Waals surface area contributed by atoms with Crippen LogP contribution >= 0.6 is 22.9 Å². The predicted molar refractivity (Wildman–Crippen MR) is 89.1 cm³/mol. The molecule has 0 aliphatic rings. The Morgan fingerprint density at radius 3 is 2.73 bits per heavy atom. The van der Waals surface area contributed by atoms with Crippen LogP contribution in [0.1, 0.15) is 10.4 Å². The van der Waals surface area contributed by atoms with E-state index in [1.54, 1.807) is 24.4 Å². The van der Waals surface area contributed by atoms with E-state index < -0.39 is 0 Å². The van der Waals surface area contributed by atoms with Gasteiger partial charge in [0.05, 0.1) is 19.2 Å². The summed E-state index contributed by atoms with van der Waals surface area (Å²) in [5.41, 5.74) is 0.730. The number of thiazole rings is 1. The molecule has 7 heteroatoms. The van der Waals surface area contributed by atoms with Crippen LogP contribution in [-0.4, -0.2) is 25.1 Å². The van der Waals surface area contributed by atoms with Crippen molar-refractivity contribution in [3.8, 4) is 11.5 Å². The summed E-state index contributed by atoms with van der Waals surface area (Å²) in [6.45, 7) is 1.93. The van der Waals surface area contributed by atoms with Crippen LogP contribution in [0, 0.1) is 6.92 Å². The van der Waals surface area contributed by atoms with E-state index in [0.717, 1.165) is 10.4 Å². The molecule has 1 aromatic heterocycles. The normalized spacial score (nSPS) is 10.7. The van der Waals surface area contributed by atoms with Crippen molar-refractivity contribution in [3.05, 3.63) is 39.9 Å². The van der Waals surface area contributed by atoms with Gasteiger partial charge in [0, 0.05) is 17.2 Å². The fraction of sp³-hybridized carbons (Fsp3) is 0.200. The van der Waals surface area contributed by atoms with Crippen LogP contribution in [0.25, 0.3) is 6.08 Å². The summed E-state index contributed by atoms with van der Waals surface area (Å²) in [5.74, 6) is 0.704. The quantitative estimate of drug-likeness (QED) is 0.843. The van der Waals surface area contributed by atoms with Gasteiger partial charge >= 0.3 is 0 Å². The minimum absolute atomic E-state index is 0.264. The van der Waals surface area contributed by atoms with E-state index in [0.29, 0.717) is 21.7 Å². The number of amides is 1. The fourth-order valence-corrected chi connectivity index (χ4v) is 2.73. The van der Waals surface area contributed by atoms with E-state index in [1.165, 1.54) is 31.6 Å². The molecule has 2 aromatic rings. The third kappa shape index (κ3) is 3.99. The van der Waals surface area contributed by atoms with Crippen molar-refractivity contribution in [2.75, 3.05) is 19.5 Å². The van der Waals surface area contributed by atoms with E-state index >= 15 is 0 Å². The SMILES string of the molecule is COc1cc(/C=C/C(=O)Nc2ncc(C)s2)cc(Cl)c1OC. The second-order valence-electron chi connectivity index (χ2n) is 4.34. The maximum atomic E-state index is 11.8. The topological polar surface area (TPSA) is 60.5 Å². The second kappa shape index (κ2) is 7.29. The number of anilines is 1. The lowest BCUT2D eigenvalue weighted by Crippen LogP contribution is -2.07. The molecule has 0 bridgehead atoms. The van der Waals surface area contributed by atoms with E-state index in [-0.39, 0.29) is 5.91 Å². The van der Waals surface area contributed by atoms with Crippen molar-refractivity contribution in [1.29, 1.82) is 0 Å². The van der Waals surface area contributed by atoms with Crippen LogP contribution in [0.15, 0.2) is 24.4 Å². The summed E-state index contributed by atoms with van der Waals surface area (Å²) in [4.78, 5) is 16.9. The van der Waals surface area contributed by atoms with Gasteiger partial charge in [0.1, 0.15) is 0 Å². The number of nitrogens with one attached hydrogen (secondary N) is 1. The van der Waals surface area contributed by atoms with Crippen LogP contribution < -0.4 is 14.8 Å². The first-order valence-electron chi connectivity index (χ1n) is 6.36.